The summed E-state index contributed by atoms with van der Waals surface area (Å²) in [5.74, 6) is 0.0492. The number of anilines is 1. The fraction of sp³-hybridized carbons (Fsp3) is 0.467. The maximum Gasteiger partial charge on any atom is 0.230 e. The SMILES string of the molecule is CC1OC(C)C(C(=O)Nc2ccc(C#N)cc2)C1C. The summed E-state index contributed by atoms with van der Waals surface area (Å²) in [4.78, 5) is 12.3. The minimum atomic E-state index is -0.134. The molecular weight excluding hydrogens is 240 g/mol. The summed E-state index contributed by atoms with van der Waals surface area (Å²) in [6.07, 6.45) is 0.0371. The fourth-order valence-corrected chi connectivity index (χ4v) is 2.57. The normalized spacial score (nSPS) is 29.8. The van der Waals surface area contributed by atoms with E-state index in [2.05, 4.69) is 5.32 Å². The van der Waals surface area contributed by atoms with Crippen molar-refractivity contribution < 1.29 is 9.53 Å². The Hall–Kier alpha value is -1.86. The van der Waals surface area contributed by atoms with E-state index in [0.717, 1.165) is 0 Å². The van der Waals surface area contributed by atoms with Crippen LogP contribution in [0.5, 0.6) is 0 Å². The second-order valence-electron chi connectivity index (χ2n) is 5.11. The van der Waals surface area contributed by atoms with E-state index in [1.54, 1.807) is 24.3 Å². The molecule has 1 heterocycles. The number of carbonyl (C=O) groups excluding carboxylic acids is 1. The highest BCUT2D eigenvalue weighted by Crippen LogP contribution is 2.32. The standard InChI is InChI=1S/C15H18N2O2/c1-9-10(2)19-11(3)14(9)15(18)17-13-6-4-12(8-16)5-7-13/h4-7,9-11,14H,1-3H3,(H,17,18). The number of nitrogens with zero attached hydrogens (tertiary/aromatic N) is 1. The first-order valence-electron chi connectivity index (χ1n) is 6.49. The van der Waals surface area contributed by atoms with Gasteiger partial charge >= 0.3 is 0 Å². The zero-order valence-corrected chi connectivity index (χ0v) is 11.4. The first kappa shape index (κ1) is 13.6. The quantitative estimate of drug-likeness (QED) is 0.886. The van der Waals surface area contributed by atoms with Gasteiger partial charge in [-0.05, 0) is 44.0 Å². The smallest absolute Gasteiger partial charge is 0.230 e. The van der Waals surface area contributed by atoms with E-state index >= 15 is 0 Å². The van der Waals surface area contributed by atoms with Gasteiger partial charge in [0.2, 0.25) is 5.91 Å². The van der Waals surface area contributed by atoms with Crippen LogP contribution in [0.3, 0.4) is 0 Å². The predicted octanol–water partition coefficient (Wildman–Crippen LogP) is 2.56. The van der Waals surface area contributed by atoms with Gasteiger partial charge in [0, 0.05) is 5.69 Å². The van der Waals surface area contributed by atoms with Crippen LogP contribution < -0.4 is 5.32 Å². The van der Waals surface area contributed by atoms with E-state index in [1.165, 1.54) is 0 Å². The van der Waals surface area contributed by atoms with Gasteiger partial charge < -0.3 is 10.1 Å². The molecule has 1 aliphatic heterocycles. The van der Waals surface area contributed by atoms with E-state index in [9.17, 15) is 4.79 Å². The second-order valence-corrected chi connectivity index (χ2v) is 5.11. The minimum Gasteiger partial charge on any atom is -0.374 e. The number of amides is 1. The number of nitrogens with one attached hydrogen (secondary N) is 1. The van der Waals surface area contributed by atoms with Gasteiger partial charge in [0.15, 0.2) is 0 Å². The van der Waals surface area contributed by atoms with Gasteiger partial charge in [-0.3, -0.25) is 4.79 Å². The average Bonchev–Trinajstić information content (AvgIpc) is 2.64. The highest BCUT2D eigenvalue weighted by atomic mass is 16.5. The molecular formula is C15H18N2O2. The summed E-state index contributed by atoms with van der Waals surface area (Å²) in [5.41, 5.74) is 1.29. The Labute approximate surface area is 113 Å². The van der Waals surface area contributed by atoms with Crippen molar-refractivity contribution in [2.24, 2.45) is 11.8 Å². The van der Waals surface area contributed by atoms with Crippen LogP contribution >= 0.6 is 0 Å². The number of nitriles is 1. The Bertz CT molecular complexity index is 504. The first-order chi connectivity index (χ1) is 9.02. The molecule has 100 valence electrons. The Morgan fingerprint density at radius 1 is 1.21 bits per heavy atom. The Kier molecular flexibility index (Phi) is 3.87. The molecule has 0 radical (unpaired) electrons. The number of hydrogen-bond acceptors (Lipinski definition) is 3. The third kappa shape index (κ3) is 2.77. The van der Waals surface area contributed by atoms with E-state index < -0.39 is 0 Å². The van der Waals surface area contributed by atoms with E-state index in [4.69, 9.17) is 10.00 Å². The van der Waals surface area contributed by atoms with E-state index in [0.29, 0.717) is 11.3 Å². The zero-order valence-electron chi connectivity index (χ0n) is 11.4. The molecule has 4 heteroatoms. The fourth-order valence-electron chi connectivity index (χ4n) is 2.57. The molecule has 0 aliphatic carbocycles. The number of hydrogen-bond donors (Lipinski definition) is 1. The van der Waals surface area contributed by atoms with Gasteiger partial charge in [-0.1, -0.05) is 6.92 Å². The molecule has 1 N–H and O–H groups in total. The molecule has 4 atom stereocenters. The number of carbonyl (C=O) groups is 1. The van der Waals surface area contributed by atoms with Crippen molar-refractivity contribution in [2.45, 2.75) is 33.0 Å². The molecule has 1 amide bonds. The third-order valence-corrected chi connectivity index (χ3v) is 3.83. The number of rotatable bonds is 2. The molecule has 1 aromatic rings. The summed E-state index contributed by atoms with van der Waals surface area (Å²) < 4.78 is 5.68. The second kappa shape index (κ2) is 5.41. The summed E-state index contributed by atoms with van der Waals surface area (Å²) in [5, 5.41) is 11.6. The molecule has 19 heavy (non-hydrogen) atoms. The van der Waals surface area contributed by atoms with Crippen molar-refractivity contribution in [1.82, 2.24) is 0 Å². The highest BCUT2D eigenvalue weighted by molar-refractivity contribution is 5.93. The monoisotopic (exact) mass is 258 g/mol. The molecule has 0 saturated carbocycles. The van der Waals surface area contributed by atoms with Crippen LogP contribution in [0.25, 0.3) is 0 Å². The molecule has 0 bridgehead atoms. The van der Waals surface area contributed by atoms with E-state index in [-0.39, 0.29) is 30.0 Å². The van der Waals surface area contributed by atoms with Gasteiger partial charge in [-0.25, -0.2) is 0 Å². The molecule has 2 rings (SSSR count). The molecule has 1 aromatic carbocycles. The lowest BCUT2D eigenvalue weighted by atomic mass is 9.89. The van der Waals surface area contributed by atoms with Crippen molar-refractivity contribution in [2.75, 3.05) is 5.32 Å². The molecule has 1 fully saturated rings. The van der Waals surface area contributed by atoms with Gasteiger partial charge in [0.25, 0.3) is 0 Å². The largest absolute Gasteiger partial charge is 0.374 e. The van der Waals surface area contributed by atoms with Gasteiger partial charge in [0.1, 0.15) is 0 Å². The summed E-state index contributed by atoms with van der Waals surface area (Å²) >= 11 is 0. The lowest BCUT2D eigenvalue weighted by molar-refractivity contribution is -0.121. The molecule has 0 spiro atoms. The van der Waals surface area contributed by atoms with Crippen molar-refractivity contribution >= 4 is 11.6 Å². The van der Waals surface area contributed by atoms with E-state index in [1.807, 2.05) is 26.8 Å². The van der Waals surface area contributed by atoms with Crippen LogP contribution in [0.1, 0.15) is 26.3 Å². The Morgan fingerprint density at radius 2 is 1.84 bits per heavy atom. The van der Waals surface area contributed by atoms with Gasteiger partial charge in [-0.15, -0.1) is 0 Å². The van der Waals surface area contributed by atoms with Crippen LogP contribution in [0, 0.1) is 23.2 Å². The van der Waals surface area contributed by atoms with Crippen molar-refractivity contribution in [1.29, 1.82) is 5.26 Å². The molecule has 1 aliphatic rings. The highest BCUT2D eigenvalue weighted by Gasteiger charge is 2.41. The topological polar surface area (TPSA) is 62.1 Å². The summed E-state index contributed by atoms with van der Waals surface area (Å²) in [7, 11) is 0. The minimum absolute atomic E-state index is 0.0194. The van der Waals surface area contributed by atoms with Gasteiger partial charge in [0.05, 0.1) is 29.8 Å². The number of benzene rings is 1. The zero-order chi connectivity index (χ0) is 14.0. The van der Waals surface area contributed by atoms with Crippen molar-refractivity contribution in [3.63, 3.8) is 0 Å². The van der Waals surface area contributed by atoms with Crippen LogP contribution in [0.4, 0.5) is 5.69 Å². The number of ether oxygens (including phenoxy) is 1. The van der Waals surface area contributed by atoms with Crippen LogP contribution in [-0.4, -0.2) is 18.1 Å². The third-order valence-electron chi connectivity index (χ3n) is 3.83. The summed E-state index contributed by atoms with van der Waals surface area (Å²) in [6, 6.07) is 8.91. The Morgan fingerprint density at radius 3 is 2.32 bits per heavy atom. The summed E-state index contributed by atoms with van der Waals surface area (Å²) in [6.45, 7) is 5.97. The Balaban J connectivity index is 2.06. The molecule has 4 nitrogen and oxygen atoms in total. The molecule has 0 aromatic heterocycles. The van der Waals surface area contributed by atoms with Crippen LogP contribution in [0.2, 0.25) is 0 Å². The van der Waals surface area contributed by atoms with Crippen molar-refractivity contribution in [3.05, 3.63) is 29.8 Å². The van der Waals surface area contributed by atoms with Crippen LogP contribution in [-0.2, 0) is 9.53 Å². The molecule has 1 saturated heterocycles. The lowest BCUT2D eigenvalue weighted by Crippen LogP contribution is -2.31. The maximum absolute atomic E-state index is 12.3. The van der Waals surface area contributed by atoms with Gasteiger partial charge in [-0.2, -0.15) is 5.26 Å². The first-order valence-corrected chi connectivity index (χ1v) is 6.49. The predicted molar refractivity (Wildman–Crippen MR) is 72.4 cm³/mol. The van der Waals surface area contributed by atoms with Crippen LogP contribution in [0.15, 0.2) is 24.3 Å². The maximum atomic E-state index is 12.3. The molecule has 4 unspecified atom stereocenters. The average molecular weight is 258 g/mol. The van der Waals surface area contributed by atoms with Crippen molar-refractivity contribution in [3.8, 4) is 6.07 Å². The lowest BCUT2D eigenvalue weighted by Gasteiger charge is -2.17.